The first-order valence-electron chi connectivity index (χ1n) is 12.2. The van der Waals surface area contributed by atoms with E-state index in [0.29, 0.717) is 16.7 Å². The zero-order chi connectivity index (χ0) is 22.0. The molecule has 2 fully saturated rings. The third-order valence-corrected chi connectivity index (χ3v) is 7.91. The van der Waals surface area contributed by atoms with Crippen molar-refractivity contribution in [2.75, 3.05) is 0 Å². The maximum atomic E-state index is 14.1. The second-order valence-electron chi connectivity index (χ2n) is 9.99. The van der Waals surface area contributed by atoms with Crippen molar-refractivity contribution in [3.63, 3.8) is 0 Å². The maximum absolute atomic E-state index is 14.1. The van der Waals surface area contributed by atoms with Crippen LogP contribution in [0.4, 0.5) is 17.6 Å². The molecule has 2 aliphatic rings. The molecule has 2 saturated carbocycles. The van der Waals surface area contributed by atoms with Gasteiger partial charge >= 0.3 is 6.18 Å². The Hall–Kier alpha value is -1.58. The first-order valence-corrected chi connectivity index (χ1v) is 12.2. The van der Waals surface area contributed by atoms with E-state index in [1.54, 1.807) is 6.07 Å². The minimum atomic E-state index is -4.66. The van der Waals surface area contributed by atoms with Gasteiger partial charge in [0.2, 0.25) is 0 Å². The quantitative estimate of drug-likeness (QED) is 0.314. The van der Waals surface area contributed by atoms with E-state index in [-0.39, 0.29) is 0 Å². The Morgan fingerprint density at radius 2 is 1.61 bits per heavy atom. The molecular weight excluding hydrogens is 400 g/mol. The molecule has 0 aliphatic heterocycles. The Kier molecular flexibility index (Phi) is 6.93. The summed E-state index contributed by atoms with van der Waals surface area (Å²) < 4.78 is 53.0. The molecule has 31 heavy (non-hydrogen) atoms. The molecule has 0 heterocycles. The van der Waals surface area contributed by atoms with E-state index in [4.69, 9.17) is 0 Å². The topological polar surface area (TPSA) is 0 Å². The Morgan fingerprint density at radius 1 is 0.839 bits per heavy atom. The van der Waals surface area contributed by atoms with Gasteiger partial charge in [0.15, 0.2) is 0 Å². The minimum absolute atomic E-state index is 0.442. The van der Waals surface area contributed by atoms with E-state index >= 15 is 0 Å². The van der Waals surface area contributed by atoms with E-state index in [9.17, 15) is 17.6 Å². The van der Waals surface area contributed by atoms with Crippen molar-refractivity contribution in [1.29, 1.82) is 0 Å². The van der Waals surface area contributed by atoms with E-state index in [0.717, 1.165) is 41.9 Å². The number of benzene rings is 2. The molecule has 0 radical (unpaired) electrons. The van der Waals surface area contributed by atoms with Gasteiger partial charge in [-0.15, -0.1) is 0 Å². The summed E-state index contributed by atoms with van der Waals surface area (Å²) in [5.41, 5.74) is -0.0218. The Bertz CT molecular complexity index is 885. The van der Waals surface area contributed by atoms with Crippen molar-refractivity contribution in [2.45, 2.75) is 89.6 Å². The summed E-state index contributed by atoms with van der Waals surface area (Å²) in [5, 5.41) is 1.02. The van der Waals surface area contributed by atoms with Gasteiger partial charge in [-0.2, -0.15) is 13.2 Å². The second kappa shape index (κ2) is 9.50. The van der Waals surface area contributed by atoms with Crippen LogP contribution < -0.4 is 0 Å². The molecule has 4 atom stereocenters. The van der Waals surface area contributed by atoms with Crippen molar-refractivity contribution in [1.82, 2.24) is 0 Å². The summed E-state index contributed by atoms with van der Waals surface area (Å²) in [6.07, 6.45) is 9.73. The van der Waals surface area contributed by atoms with Crippen LogP contribution in [0.15, 0.2) is 30.3 Å². The van der Waals surface area contributed by atoms with Crippen LogP contribution in [0.1, 0.15) is 94.6 Å². The van der Waals surface area contributed by atoms with Crippen LogP contribution in [-0.4, -0.2) is 0 Å². The fraction of sp³-hybridized carbons (Fsp3) is 0.630. The number of hydrogen-bond donors (Lipinski definition) is 0. The van der Waals surface area contributed by atoms with Gasteiger partial charge in [0.1, 0.15) is 5.82 Å². The molecule has 0 saturated heterocycles. The lowest BCUT2D eigenvalue weighted by molar-refractivity contribution is -0.139. The monoisotopic (exact) mass is 434 g/mol. The van der Waals surface area contributed by atoms with Crippen LogP contribution in [-0.2, 0) is 6.18 Å². The molecule has 0 nitrogen and oxygen atoms in total. The number of alkyl halides is 3. The highest BCUT2D eigenvalue weighted by Gasteiger charge is 2.36. The second-order valence-corrected chi connectivity index (χ2v) is 9.99. The predicted octanol–water partition coefficient (Wildman–Crippen LogP) is 9.27. The molecule has 2 aromatic carbocycles. The van der Waals surface area contributed by atoms with Gasteiger partial charge in [-0.25, -0.2) is 4.39 Å². The Morgan fingerprint density at radius 3 is 2.39 bits per heavy atom. The van der Waals surface area contributed by atoms with E-state index in [1.807, 2.05) is 12.1 Å². The van der Waals surface area contributed by atoms with Crippen LogP contribution in [0.2, 0.25) is 0 Å². The van der Waals surface area contributed by atoms with Gasteiger partial charge in [0, 0.05) is 0 Å². The highest BCUT2D eigenvalue weighted by Crippen LogP contribution is 2.48. The van der Waals surface area contributed by atoms with Crippen LogP contribution >= 0.6 is 0 Å². The number of rotatable bonds is 6. The first-order chi connectivity index (χ1) is 14.8. The van der Waals surface area contributed by atoms with Crippen LogP contribution in [0, 0.1) is 23.6 Å². The predicted molar refractivity (Wildman–Crippen MR) is 119 cm³/mol. The average molecular weight is 435 g/mol. The molecule has 170 valence electrons. The SMILES string of the molecule is CCCCCC[C@@H]1CC[C@@H]2CC(c3ccc4cc(C(F)(F)F)c(F)cc4c3)CCC2C1. The highest BCUT2D eigenvalue weighted by atomic mass is 19.4. The van der Waals surface area contributed by atoms with Crippen molar-refractivity contribution in [3.05, 3.63) is 47.3 Å². The van der Waals surface area contributed by atoms with Gasteiger partial charge in [-0.3, -0.25) is 0 Å². The molecule has 2 unspecified atom stereocenters. The van der Waals surface area contributed by atoms with Crippen molar-refractivity contribution in [3.8, 4) is 0 Å². The van der Waals surface area contributed by atoms with Gasteiger partial charge < -0.3 is 0 Å². The number of unbranched alkanes of at least 4 members (excludes halogenated alkanes) is 3. The molecule has 2 aliphatic carbocycles. The lowest BCUT2D eigenvalue weighted by atomic mass is 9.63. The summed E-state index contributed by atoms with van der Waals surface area (Å²) in [6.45, 7) is 2.26. The molecule has 0 amide bonds. The fourth-order valence-electron chi connectivity index (χ4n) is 6.17. The molecule has 4 heteroatoms. The zero-order valence-electron chi connectivity index (χ0n) is 18.5. The molecule has 0 bridgehead atoms. The van der Waals surface area contributed by atoms with Crippen LogP contribution in [0.3, 0.4) is 0 Å². The highest BCUT2D eigenvalue weighted by molar-refractivity contribution is 5.84. The van der Waals surface area contributed by atoms with Crippen LogP contribution in [0.25, 0.3) is 10.8 Å². The molecule has 2 aromatic rings. The lowest BCUT2D eigenvalue weighted by Crippen LogP contribution is -2.30. The lowest BCUT2D eigenvalue weighted by Gasteiger charge is -2.42. The number of hydrogen-bond acceptors (Lipinski definition) is 0. The zero-order valence-corrected chi connectivity index (χ0v) is 18.5. The minimum Gasteiger partial charge on any atom is -0.206 e. The average Bonchev–Trinajstić information content (AvgIpc) is 2.74. The van der Waals surface area contributed by atoms with Crippen molar-refractivity contribution >= 4 is 10.8 Å². The summed E-state index contributed by atoms with van der Waals surface area (Å²) in [6, 6.07) is 7.61. The fourth-order valence-corrected chi connectivity index (χ4v) is 6.17. The number of halogens is 4. The van der Waals surface area contributed by atoms with Crippen molar-refractivity contribution in [2.24, 2.45) is 17.8 Å². The smallest absolute Gasteiger partial charge is 0.206 e. The van der Waals surface area contributed by atoms with Gasteiger partial charge in [0.05, 0.1) is 5.56 Å². The molecular formula is C27H34F4. The molecule has 0 N–H and O–H groups in total. The summed E-state index contributed by atoms with van der Waals surface area (Å²) in [7, 11) is 0. The first kappa shape index (κ1) is 22.6. The normalized spacial score (nSPS) is 26.7. The summed E-state index contributed by atoms with van der Waals surface area (Å²) in [5.74, 6) is 1.77. The van der Waals surface area contributed by atoms with E-state index in [2.05, 4.69) is 6.92 Å². The third-order valence-electron chi connectivity index (χ3n) is 7.91. The Labute approximate surface area is 183 Å². The Balaban J connectivity index is 1.40. The van der Waals surface area contributed by atoms with E-state index in [1.165, 1.54) is 64.2 Å². The van der Waals surface area contributed by atoms with Gasteiger partial charge in [-0.05, 0) is 84.2 Å². The van der Waals surface area contributed by atoms with E-state index < -0.39 is 17.6 Å². The largest absolute Gasteiger partial charge is 0.419 e. The standard InChI is InChI=1S/C27H34F4/c1-2-3-4-5-6-18-7-8-20-14-21(10-9-19(20)13-18)22-11-12-23-16-25(27(29,30)31)26(28)17-24(23)15-22/h11-12,15-21H,2-10,13-14H2,1H3/t18-,19?,20-,21?/m1/s1. The summed E-state index contributed by atoms with van der Waals surface area (Å²) in [4.78, 5) is 0. The maximum Gasteiger partial charge on any atom is 0.419 e. The summed E-state index contributed by atoms with van der Waals surface area (Å²) >= 11 is 0. The molecule has 0 spiro atoms. The number of fused-ring (bicyclic) bond motifs is 2. The van der Waals surface area contributed by atoms with Crippen molar-refractivity contribution < 1.29 is 17.6 Å². The van der Waals surface area contributed by atoms with Gasteiger partial charge in [-0.1, -0.05) is 63.6 Å². The molecule has 4 rings (SSSR count). The third kappa shape index (κ3) is 5.26. The van der Waals surface area contributed by atoms with Crippen LogP contribution in [0.5, 0.6) is 0 Å². The molecule has 0 aromatic heterocycles. The van der Waals surface area contributed by atoms with Gasteiger partial charge in [0.25, 0.3) is 0 Å².